The largest absolute Gasteiger partial charge is 0.356 e. The second-order valence-corrected chi connectivity index (χ2v) is 8.44. The first-order valence-electron chi connectivity index (χ1n) is 10.6. The maximum Gasteiger partial charge on any atom is 0.224 e. The number of carbonyl (C=O) groups excluding carboxylic acids is 1. The van der Waals surface area contributed by atoms with Gasteiger partial charge in [-0.2, -0.15) is 0 Å². The van der Waals surface area contributed by atoms with Gasteiger partial charge in [-0.3, -0.25) is 4.79 Å². The van der Waals surface area contributed by atoms with Gasteiger partial charge in [0, 0.05) is 36.5 Å². The molecule has 1 aliphatic carbocycles. The summed E-state index contributed by atoms with van der Waals surface area (Å²) in [5, 5.41) is 3.12. The SMILES string of the molecule is CC(C)CNC(=O)[C@H]1CCCN(c2nc(-c3ccccc3)nc3c2CCC3)C1. The molecule has 1 atom stereocenters. The normalized spacial score (nSPS) is 19.0. The molecule has 1 saturated heterocycles. The Morgan fingerprint density at radius 3 is 2.79 bits per heavy atom. The molecule has 0 bridgehead atoms. The van der Waals surface area contributed by atoms with Crippen molar-refractivity contribution in [3.05, 3.63) is 41.6 Å². The van der Waals surface area contributed by atoms with Gasteiger partial charge in [0.05, 0.1) is 5.92 Å². The van der Waals surface area contributed by atoms with Crippen LogP contribution in [0.4, 0.5) is 5.82 Å². The molecule has 0 spiro atoms. The zero-order chi connectivity index (χ0) is 19.5. The third-order valence-electron chi connectivity index (χ3n) is 5.72. The van der Waals surface area contributed by atoms with E-state index in [1.54, 1.807) is 0 Å². The molecule has 4 rings (SSSR count). The lowest BCUT2D eigenvalue weighted by molar-refractivity contribution is -0.125. The fourth-order valence-corrected chi connectivity index (χ4v) is 4.22. The second kappa shape index (κ2) is 8.29. The van der Waals surface area contributed by atoms with Crippen LogP contribution >= 0.6 is 0 Å². The van der Waals surface area contributed by atoms with Crippen LogP contribution in [0.3, 0.4) is 0 Å². The van der Waals surface area contributed by atoms with Crippen molar-refractivity contribution >= 4 is 11.7 Å². The van der Waals surface area contributed by atoms with E-state index in [9.17, 15) is 4.79 Å². The minimum Gasteiger partial charge on any atom is -0.356 e. The zero-order valence-corrected chi connectivity index (χ0v) is 16.9. The van der Waals surface area contributed by atoms with E-state index in [0.717, 1.165) is 68.9 Å². The molecule has 1 N–H and O–H groups in total. The third-order valence-corrected chi connectivity index (χ3v) is 5.72. The number of hydrogen-bond acceptors (Lipinski definition) is 4. The number of amides is 1. The Hall–Kier alpha value is -2.43. The third kappa shape index (κ3) is 4.03. The Bertz CT molecular complexity index is 834. The summed E-state index contributed by atoms with van der Waals surface area (Å²) in [7, 11) is 0. The van der Waals surface area contributed by atoms with Gasteiger partial charge < -0.3 is 10.2 Å². The maximum atomic E-state index is 12.6. The lowest BCUT2D eigenvalue weighted by atomic mass is 9.96. The fourth-order valence-electron chi connectivity index (χ4n) is 4.22. The number of anilines is 1. The topological polar surface area (TPSA) is 58.1 Å². The zero-order valence-electron chi connectivity index (χ0n) is 16.9. The molecule has 0 unspecified atom stereocenters. The summed E-state index contributed by atoms with van der Waals surface area (Å²) in [6.07, 6.45) is 5.19. The van der Waals surface area contributed by atoms with Gasteiger partial charge in [-0.05, 0) is 38.0 Å². The van der Waals surface area contributed by atoms with Crippen molar-refractivity contribution in [3.8, 4) is 11.4 Å². The molecule has 1 fully saturated rings. The van der Waals surface area contributed by atoms with Crippen molar-refractivity contribution < 1.29 is 4.79 Å². The predicted octanol–water partition coefficient (Wildman–Crippen LogP) is 3.62. The number of carbonyl (C=O) groups is 1. The van der Waals surface area contributed by atoms with Crippen molar-refractivity contribution in [2.24, 2.45) is 11.8 Å². The van der Waals surface area contributed by atoms with E-state index in [1.807, 2.05) is 18.2 Å². The van der Waals surface area contributed by atoms with Crippen LogP contribution in [-0.2, 0) is 17.6 Å². The standard InChI is InChI=1S/C23H30N4O/c1-16(2)14-24-23(28)18-10-7-13-27(15-18)22-19-11-6-12-20(19)25-21(26-22)17-8-4-3-5-9-17/h3-5,8-9,16,18H,6-7,10-15H2,1-2H3,(H,24,28)/t18-/m0/s1. The highest BCUT2D eigenvalue weighted by Crippen LogP contribution is 2.33. The number of aryl methyl sites for hydroxylation is 1. The quantitative estimate of drug-likeness (QED) is 0.863. The Balaban J connectivity index is 1.59. The second-order valence-electron chi connectivity index (χ2n) is 8.44. The summed E-state index contributed by atoms with van der Waals surface area (Å²) >= 11 is 0. The monoisotopic (exact) mass is 378 g/mol. The van der Waals surface area contributed by atoms with Crippen LogP contribution in [0, 0.1) is 11.8 Å². The average Bonchev–Trinajstić information content (AvgIpc) is 3.20. The highest BCUT2D eigenvalue weighted by atomic mass is 16.1. The lowest BCUT2D eigenvalue weighted by Crippen LogP contribution is -2.44. The van der Waals surface area contributed by atoms with Gasteiger partial charge in [0.1, 0.15) is 5.82 Å². The molecule has 2 aliphatic rings. The molecule has 148 valence electrons. The van der Waals surface area contributed by atoms with E-state index in [0.29, 0.717) is 5.92 Å². The first-order valence-corrected chi connectivity index (χ1v) is 10.6. The average molecular weight is 379 g/mol. The molecule has 2 heterocycles. The van der Waals surface area contributed by atoms with Gasteiger partial charge in [0.2, 0.25) is 5.91 Å². The van der Waals surface area contributed by atoms with Crippen LogP contribution in [-0.4, -0.2) is 35.5 Å². The van der Waals surface area contributed by atoms with Crippen molar-refractivity contribution in [1.82, 2.24) is 15.3 Å². The van der Waals surface area contributed by atoms with E-state index >= 15 is 0 Å². The van der Waals surface area contributed by atoms with E-state index < -0.39 is 0 Å². The smallest absolute Gasteiger partial charge is 0.224 e. The Morgan fingerprint density at radius 1 is 1.18 bits per heavy atom. The van der Waals surface area contributed by atoms with Crippen LogP contribution in [0.25, 0.3) is 11.4 Å². The predicted molar refractivity (Wildman–Crippen MR) is 112 cm³/mol. The van der Waals surface area contributed by atoms with Gasteiger partial charge in [-0.1, -0.05) is 44.2 Å². The Kier molecular flexibility index (Phi) is 5.60. The highest BCUT2D eigenvalue weighted by Gasteiger charge is 2.30. The van der Waals surface area contributed by atoms with Gasteiger partial charge in [0.25, 0.3) is 0 Å². The number of nitrogens with one attached hydrogen (secondary N) is 1. The maximum absolute atomic E-state index is 12.6. The number of rotatable bonds is 5. The molecular weight excluding hydrogens is 348 g/mol. The lowest BCUT2D eigenvalue weighted by Gasteiger charge is -2.34. The number of piperidine rings is 1. The van der Waals surface area contributed by atoms with Gasteiger partial charge >= 0.3 is 0 Å². The minimum absolute atomic E-state index is 0.0414. The van der Waals surface area contributed by atoms with Crippen LogP contribution in [0.15, 0.2) is 30.3 Å². The molecule has 0 radical (unpaired) electrons. The molecule has 1 aromatic heterocycles. The molecule has 5 heteroatoms. The minimum atomic E-state index is 0.0414. The summed E-state index contributed by atoms with van der Waals surface area (Å²) in [5.41, 5.74) is 3.54. The summed E-state index contributed by atoms with van der Waals surface area (Å²) in [4.78, 5) is 24.8. The van der Waals surface area contributed by atoms with E-state index in [-0.39, 0.29) is 11.8 Å². The Labute approximate surface area is 167 Å². The van der Waals surface area contributed by atoms with Gasteiger partial charge in [-0.15, -0.1) is 0 Å². The number of nitrogens with zero attached hydrogens (tertiary/aromatic N) is 3. The Morgan fingerprint density at radius 2 is 2.00 bits per heavy atom. The van der Waals surface area contributed by atoms with Crippen molar-refractivity contribution in [1.29, 1.82) is 0 Å². The van der Waals surface area contributed by atoms with Crippen LogP contribution in [0.5, 0.6) is 0 Å². The molecule has 0 saturated carbocycles. The van der Waals surface area contributed by atoms with Crippen molar-refractivity contribution in [3.63, 3.8) is 0 Å². The summed E-state index contributed by atoms with van der Waals surface area (Å²) in [5.74, 6) is 2.57. The molecule has 5 nitrogen and oxygen atoms in total. The number of benzene rings is 1. The molecule has 28 heavy (non-hydrogen) atoms. The molecule has 1 amide bonds. The van der Waals surface area contributed by atoms with Gasteiger partial charge in [0.15, 0.2) is 5.82 Å². The van der Waals surface area contributed by atoms with E-state index in [4.69, 9.17) is 9.97 Å². The molecule has 2 aromatic rings. The number of aromatic nitrogens is 2. The van der Waals surface area contributed by atoms with E-state index in [1.165, 1.54) is 11.3 Å². The summed E-state index contributed by atoms with van der Waals surface area (Å²) < 4.78 is 0. The van der Waals surface area contributed by atoms with E-state index in [2.05, 4.69) is 36.2 Å². The molecule has 1 aliphatic heterocycles. The van der Waals surface area contributed by atoms with Crippen LogP contribution in [0.1, 0.15) is 44.4 Å². The van der Waals surface area contributed by atoms with Crippen molar-refractivity contribution in [2.75, 3.05) is 24.5 Å². The number of fused-ring (bicyclic) bond motifs is 1. The molecular formula is C23H30N4O. The first-order chi connectivity index (χ1) is 13.6. The highest BCUT2D eigenvalue weighted by molar-refractivity contribution is 5.79. The summed E-state index contributed by atoms with van der Waals surface area (Å²) in [6, 6.07) is 10.2. The first kappa shape index (κ1) is 18.9. The summed E-state index contributed by atoms with van der Waals surface area (Å²) in [6.45, 7) is 6.72. The van der Waals surface area contributed by atoms with Gasteiger partial charge in [-0.25, -0.2) is 9.97 Å². The molecule has 1 aromatic carbocycles. The number of hydrogen-bond donors (Lipinski definition) is 1. The van der Waals surface area contributed by atoms with Crippen LogP contribution in [0.2, 0.25) is 0 Å². The van der Waals surface area contributed by atoms with Crippen LogP contribution < -0.4 is 10.2 Å². The van der Waals surface area contributed by atoms with Crippen molar-refractivity contribution in [2.45, 2.75) is 46.0 Å². The fraction of sp³-hybridized carbons (Fsp3) is 0.522.